The molecule has 1 unspecified atom stereocenters. The van der Waals surface area contributed by atoms with Crippen molar-refractivity contribution in [2.45, 2.75) is 26.7 Å². The molecule has 14 heavy (non-hydrogen) atoms. The summed E-state index contributed by atoms with van der Waals surface area (Å²) in [5.41, 5.74) is 0. The van der Waals surface area contributed by atoms with E-state index in [1.807, 2.05) is 0 Å². The number of amides is 1. The molecule has 0 aromatic rings. The molecule has 1 amide bonds. The van der Waals surface area contributed by atoms with Gasteiger partial charge in [0.15, 0.2) is 0 Å². The zero-order valence-electron chi connectivity index (χ0n) is 8.71. The van der Waals surface area contributed by atoms with Crippen LogP contribution in [0.3, 0.4) is 0 Å². The zero-order chi connectivity index (χ0) is 10.6. The summed E-state index contributed by atoms with van der Waals surface area (Å²) in [6.07, 6.45) is 2.49. The predicted molar refractivity (Wildman–Crippen MR) is 51.5 cm³/mol. The fourth-order valence-electron chi connectivity index (χ4n) is 1.35. The maximum absolute atomic E-state index is 11.1. The smallest absolute Gasteiger partial charge is 0.396 e. The first kappa shape index (κ1) is 11.0. The largest absolute Gasteiger partial charge is 0.459 e. The van der Waals surface area contributed by atoms with Crippen LogP contribution in [0, 0.1) is 11.8 Å². The van der Waals surface area contributed by atoms with Crippen LogP contribution in [0.15, 0.2) is 0 Å². The van der Waals surface area contributed by atoms with Crippen molar-refractivity contribution in [2.24, 2.45) is 11.8 Å². The fraction of sp³-hybridized carbons (Fsp3) is 0.800. The van der Waals surface area contributed by atoms with E-state index in [1.165, 1.54) is 12.8 Å². The molecular weight excluding hydrogens is 182 g/mol. The maximum Gasteiger partial charge on any atom is 0.396 e. The third kappa shape index (κ3) is 3.36. The molecule has 0 heterocycles. The van der Waals surface area contributed by atoms with Gasteiger partial charge in [0.1, 0.15) is 0 Å². The number of carbonyl (C=O) groups is 2. The topological polar surface area (TPSA) is 55.4 Å². The van der Waals surface area contributed by atoms with Crippen LogP contribution in [-0.2, 0) is 14.3 Å². The average Bonchev–Trinajstić information content (AvgIpc) is 2.97. The van der Waals surface area contributed by atoms with Crippen molar-refractivity contribution in [2.75, 3.05) is 13.2 Å². The highest BCUT2D eigenvalue weighted by Gasteiger charge is 2.28. The fourth-order valence-corrected chi connectivity index (χ4v) is 1.35. The summed E-state index contributed by atoms with van der Waals surface area (Å²) in [6, 6.07) is 0. The molecule has 4 nitrogen and oxygen atoms in total. The van der Waals surface area contributed by atoms with Crippen molar-refractivity contribution in [1.82, 2.24) is 5.32 Å². The van der Waals surface area contributed by atoms with E-state index in [0.29, 0.717) is 12.5 Å². The molecule has 1 rings (SSSR count). The molecule has 0 aromatic carbocycles. The Morgan fingerprint density at radius 3 is 2.64 bits per heavy atom. The van der Waals surface area contributed by atoms with Crippen LogP contribution in [0.4, 0.5) is 0 Å². The van der Waals surface area contributed by atoms with E-state index in [2.05, 4.69) is 17.0 Å². The van der Waals surface area contributed by atoms with Gasteiger partial charge >= 0.3 is 11.9 Å². The van der Waals surface area contributed by atoms with E-state index < -0.39 is 11.9 Å². The first-order valence-corrected chi connectivity index (χ1v) is 5.10. The number of rotatable bonds is 4. The molecule has 1 aliphatic rings. The van der Waals surface area contributed by atoms with Crippen LogP contribution in [0.1, 0.15) is 26.7 Å². The monoisotopic (exact) mass is 199 g/mol. The molecule has 0 aromatic heterocycles. The average molecular weight is 199 g/mol. The Morgan fingerprint density at radius 2 is 2.14 bits per heavy atom. The normalized spacial score (nSPS) is 17.3. The Labute approximate surface area is 84.0 Å². The van der Waals surface area contributed by atoms with Crippen LogP contribution in [0.2, 0.25) is 0 Å². The van der Waals surface area contributed by atoms with Gasteiger partial charge in [-0.25, -0.2) is 4.79 Å². The van der Waals surface area contributed by atoms with Gasteiger partial charge in [-0.15, -0.1) is 0 Å². The Balaban J connectivity index is 2.16. The van der Waals surface area contributed by atoms with Crippen LogP contribution in [0.25, 0.3) is 0 Å². The highest BCUT2D eigenvalue weighted by Crippen LogP contribution is 2.35. The molecule has 0 radical (unpaired) electrons. The lowest BCUT2D eigenvalue weighted by Crippen LogP contribution is -2.35. The molecule has 4 heteroatoms. The van der Waals surface area contributed by atoms with Gasteiger partial charge in [-0.2, -0.15) is 0 Å². The lowest BCUT2D eigenvalue weighted by molar-refractivity contribution is -0.154. The lowest BCUT2D eigenvalue weighted by atomic mass is 10.1. The summed E-state index contributed by atoms with van der Waals surface area (Å²) in [5, 5.41) is 2.57. The van der Waals surface area contributed by atoms with E-state index in [9.17, 15) is 9.59 Å². The van der Waals surface area contributed by atoms with Gasteiger partial charge in [0, 0.05) is 6.54 Å². The zero-order valence-corrected chi connectivity index (χ0v) is 8.71. The summed E-state index contributed by atoms with van der Waals surface area (Å²) >= 11 is 0. The minimum atomic E-state index is -0.782. The Bertz CT molecular complexity index is 223. The predicted octanol–water partition coefficient (Wildman–Crippen LogP) is 0.712. The summed E-state index contributed by atoms with van der Waals surface area (Å²) in [4.78, 5) is 22.0. The minimum absolute atomic E-state index is 0.241. The van der Waals surface area contributed by atoms with Gasteiger partial charge in [0.2, 0.25) is 0 Å². The third-order valence-corrected chi connectivity index (χ3v) is 2.47. The molecule has 1 saturated carbocycles. The van der Waals surface area contributed by atoms with E-state index in [-0.39, 0.29) is 6.61 Å². The number of carbonyl (C=O) groups excluding carboxylic acids is 2. The maximum atomic E-state index is 11.1. The number of hydrogen-bond acceptors (Lipinski definition) is 3. The molecule has 1 aliphatic carbocycles. The Kier molecular flexibility index (Phi) is 3.92. The Hall–Kier alpha value is -1.06. The molecule has 80 valence electrons. The van der Waals surface area contributed by atoms with Crippen LogP contribution >= 0.6 is 0 Å². The second-order valence-electron chi connectivity index (χ2n) is 3.75. The summed E-state index contributed by atoms with van der Waals surface area (Å²) in [7, 11) is 0. The van der Waals surface area contributed by atoms with Gasteiger partial charge in [0.25, 0.3) is 0 Å². The van der Waals surface area contributed by atoms with Crippen molar-refractivity contribution in [3.8, 4) is 0 Å². The minimum Gasteiger partial charge on any atom is -0.459 e. The number of esters is 1. The summed E-state index contributed by atoms with van der Waals surface area (Å²) in [6.45, 7) is 4.58. The standard InChI is InChI=1S/C10H17NO3/c1-3-14-10(13)9(12)11-6-7(2)8-4-5-8/h7-8H,3-6H2,1-2H3,(H,11,12). The second kappa shape index (κ2) is 4.98. The van der Waals surface area contributed by atoms with Gasteiger partial charge in [-0.1, -0.05) is 6.92 Å². The van der Waals surface area contributed by atoms with Crippen LogP contribution in [-0.4, -0.2) is 25.0 Å². The highest BCUT2D eigenvalue weighted by molar-refractivity contribution is 6.32. The molecule has 1 fully saturated rings. The van der Waals surface area contributed by atoms with Crippen molar-refractivity contribution >= 4 is 11.9 Å². The third-order valence-electron chi connectivity index (χ3n) is 2.47. The van der Waals surface area contributed by atoms with Crippen molar-refractivity contribution in [1.29, 1.82) is 0 Å². The van der Waals surface area contributed by atoms with Crippen molar-refractivity contribution < 1.29 is 14.3 Å². The molecule has 1 atom stereocenters. The van der Waals surface area contributed by atoms with E-state index in [1.54, 1.807) is 6.92 Å². The molecule has 0 spiro atoms. The quantitative estimate of drug-likeness (QED) is 0.536. The van der Waals surface area contributed by atoms with Gasteiger partial charge < -0.3 is 10.1 Å². The number of hydrogen-bond donors (Lipinski definition) is 1. The number of ether oxygens (including phenoxy) is 1. The SMILES string of the molecule is CCOC(=O)C(=O)NCC(C)C1CC1. The second-order valence-corrected chi connectivity index (χ2v) is 3.75. The van der Waals surface area contributed by atoms with Gasteiger partial charge in [0.05, 0.1) is 6.61 Å². The first-order chi connectivity index (χ1) is 6.65. The lowest BCUT2D eigenvalue weighted by Gasteiger charge is -2.10. The molecular formula is C10H17NO3. The number of nitrogens with one attached hydrogen (secondary N) is 1. The molecule has 0 saturated heterocycles. The molecule has 0 bridgehead atoms. The van der Waals surface area contributed by atoms with Crippen LogP contribution in [0.5, 0.6) is 0 Å². The van der Waals surface area contributed by atoms with Crippen molar-refractivity contribution in [3.05, 3.63) is 0 Å². The van der Waals surface area contributed by atoms with Gasteiger partial charge in [-0.05, 0) is 31.6 Å². The first-order valence-electron chi connectivity index (χ1n) is 5.10. The van der Waals surface area contributed by atoms with Gasteiger partial charge in [-0.3, -0.25) is 4.79 Å². The molecule has 0 aliphatic heterocycles. The Morgan fingerprint density at radius 1 is 1.50 bits per heavy atom. The van der Waals surface area contributed by atoms with Crippen LogP contribution < -0.4 is 5.32 Å². The summed E-state index contributed by atoms with van der Waals surface area (Å²) in [5.74, 6) is -0.208. The van der Waals surface area contributed by atoms with E-state index >= 15 is 0 Å². The highest BCUT2D eigenvalue weighted by atomic mass is 16.5. The van der Waals surface area contributed by atoms with Crippen molar-refractivity contribution in [3.63, 3.8) is 0 Å². The molecule has 1 N–H and O–H groups in total. The van der Waals surface area contributed by atoms with E-state index in [4.69, 9.17) is 0 Å². The summed E-state index contributed by atoms with van der Waals surface area (Å²) < 4.78 is 4.56. The van der Waals surface area contributed by atoms with E-state index in [0.717, 1.165) is 5.92 Å².